The van der Waals surface area contributed by atoms with E-state index in [1.54, 1.807) is 4.90 Å². The van der Waals surface area contributed by atoms with Gasteiger partial charge in [-0.2, -0.15) is 0 Å². The fourth-order valence-electron chi connectivity index (χ4n) is 3.45. The number of ether oxygens (including phenoxy) is 3. The predicted molar refractivity (Wildman–Crippen MR) is 119 cm³/mol. The van der Waals surface area contributed by atoms with E-state index in [0.29, 0.717) is 30.0 Å². The summed E-state index contributed by atoms with van der Waals surface area (Å²) >= 11 is 3.24. The Balaban J connectivity index is 1.75. The molecule has 1 amide bonds. The van der Waals surface area contributed by atoms with E-state index in [-0.39, 0.29) is 30.1 Å². The van der Waals surface area contributed by atoms with E-state index in [1.807, 2.05) is 20.8 Å². The molecule has 0 aromatic heterocycles. The van der Waals surface area contributed by atoms with E-state index in [1.165, 1.54) is 13.2 Å². The first kappa shape index (κ1) is 25.4. The van der Waals surface area contributed by atoms with Gasteiger partial charge >= 0.3 is 12.1 Å². The lowest BCUT2D eigenvalue weighted by atomic mass is 9.90. The number of carbonyl (C=O) groups is 2. The molecule has 2 rings (SSSR count). The molecule has 1 saturated heterocycles. The van der Waals surface area contributed by atoms with Gasteiger partial charge < -0.3 is 24.4 Å². The minimum absolute atomic E-state index is 0.0628. The van der Waals surface area contributed by atoms with Gasteiger partial charge in [0, 0.05) is 25.7 Å². The first-order valence-electron chi connectivity index (χ1n) is 10.4. The molecule has 0 saturated carbocycles. The number of rotatable bonds is 7. The van der Waals surface area contributed by atoms with Gasteiger partial charge in [-0.15, -0.1) is 0 Å². The summed E-state index contributed by atoms with van der Waals surface area (Å²) in [4.78, 5) is 25.5. The number of piperidine rings is 1. The molecule has 0 radical (unpaired) electrons. The van der Waals surface area contributed by atoms with Crippen LogP contribution in [-0.2, 0) is 9.47 Å². The molecule has 0 bridgehead atoms. The monoisotopic (exact) mass is 502 g/mol. The summed E-state index contributed by atoms with van der Waals surface area (Å²) in [5.41, 5.74) is -0.375. The van der Waals surface area contributed by atoms with Gasteiger partial charge in [-0.05, 0) is 74.5 Å². The molecule has 0 spiro atoms. The van der Waals surface area contributed by atoms with Gasteiger partial charge in [0.05, 0.1) is 17.1 Å². The molecule has 1 atom stereocenters. The van der Waals surface area contributed by atoms with Crippen LogP contribution in [0.5, 0.6) is 5.75 Å². The lowest BCUT2D eigenvalue weighted by Crippen LogP contribution is -2.46. The minimum Gasteiger partial charge on any atom is -0.488 e. The van der Waals surface area contributed by atoms with Crippen molar-refractivity contribution in [3.8, 4) is 5.75 Å². The maximum absolute atomic E-state index is 14.3. The largest absolute Gasteiger partial charge is 0.488 e. The maximum atomic E-state index is 14.3. The molecular weight excluding hydrogens is 471 g/mol. The molecule has 7 nitrogen and oxygen atoms in total. The first-order chi connectivity index (χ1) is 14.5. The summed E-state index contributed by atoms with van der Waals surface area (Å²) in [6.07, 6.45) is 1.53. The fourth-order valence-corrected chi connectivity index (χ4v) is 4.00. The van der Waals surface area contributed by atoms with Crippen molar-refractivity contribution < 1.29 is 28.2 Å². The van der Waals surface area contributed by atoms with Gasteiger partial charge in [0.15, 0.2) is 11.6 Å². The predicted octanol–water partition coefficient (Wildman–Crippen LogP) is 4.38. The van der Waals surface area contributed by atoms with Crippen LogP contribution in [0.25, 0.3) is 0 Å². The molecule has 1 heterocycles. The van der Waals surface area contributed by atoms with Gasteiger partial charge in [-0.3, -0.25) is 0 Å². The van der Waals surface area contributed by atoms with Crippen molar-refractivity contribution in [3.05, 3.63) is 28.0 Å². The first-order valence-corrected chi connectivity index (χ1v) is 11.2. The molecule has 1 aliphatic rings. The third-order valence-corrected chi connectivity index (χ3v) is 5.72. The Kier molecular flexibility index (Phi) is 9.12. The number of hydrogen-bond donors (Lipinski definition) is 1. The summed E-state index contributed by atoms with van der Waals surface area (Å²) in [6.45, 7) is 9.86. The fraction of sp³-hybridized carbons (Fsp3) is 0.636. The summed E-state index contributed by atoms with van der Waals surface area (Å²) in [7, 11) is 1.24. The highest BCUT2D eigenvalue weighted by Crippen LogP contribution is 2.30. The molecule has 1 N–H and O–H groups in total. The van der Waals surface area contributed by atoms with Crippen LogP contribution in [0.15, 0.2) is 16.6 Å². The van der Waals surface area contributed by atoms with Crippen molar-refractivity contribution in [3.63, 3.8) is 0 Å². The Hall–Kier alpha value is -1.87. The number of carbonyl (C=O) groups excluding carboxylic acids is 2. The summed E-state index contributed by atoms with van der Waals surface area (Å²) in [5.74, 6) is -0.744. The third-order valence-electron chi connectivity index (χ3n) is 5.13. The molecule has 9 heteroatoms. The number of nitrogens with zero attached hydrogens (tertiary/aromatic N) is 1. The molecule has 31 heavy (non-hydrogen) atoms. The average molecular weight is 503 g/mol. The summed E-state index contributed by atoms with van der Waals surface area (Å²) in [6, 6.07) is 2.80. The summed E-state index contributed by atoms with van der Waals surface area (Å²) < 4.78 is 30.2. The van der Waals surface area contributed by atoms with Gasteiger partial charge in [-0.25, -0.2) is 14.0 Å². The topological polar surface area (TPSA) is 77.1 Å². The SMILES string of the molecule is COC(=O)c1cc(F)c(OCCNC(C)C2CCN(C(=O)OC(C)(C)C)CC2)c(Br)c1. The normalized spacial score (nSPS) is 16.0. The Morgan fingerprint density at radius 3 is 2.48 bits per heavy atom. The maximum Gasteiger partial charge on any atom is 0.410 e. The van der Waals surface area contributed by atoms with Crippen molar-refractivity contribution in [2.75, 3.05) is 33.4 Å². The number of benzene rings is 1. The van der Waals surface area contributed by atoms with Gasteiger partial charge in [-0.1, -0.05) is 0 Å². The van der Waals surface area contributed by atoms with Crippen LogP contribution in [0.1, 0.15) is 50.9 Å². The van der Waals surface area contributed by atoms with Crippen molar-refractivity contribution in [2.45, 2.75) is 52.2 Å². The second kappa shape index (κ2) is 11.1. The highest BCUT2D eigenvalue weighted by molar-refractivity contribution is 9.10. The number of esters is 1. The lowest BCUT2D eigenvalue weighted by Gasteiger charge is -2.36. The molecular formula is C22H32BrFN2O5. The van der Waals surface area contributed by atoms with E-state index in [2.05, 4.69) is 32.9 Å². The van der Waals surface area contributed by atoms with Gasteiger partial charge in [0.2, 0.25) is 0 Å². The second-order valence-corrected chi connectivity index (χ2v) is 9.51. The van der Waals surface area contributed by atoms with Gasteiger partial charge in [0.25, 0.3) is 0 Å². The number of methoxy groups -OCH3 is 1. The Labute approximate surface area is 191 Å². The van der Waals surface area contributed by atoms with Crippen molar-refractivity contribution in [1.82, 2.24) is 10.2 Å². The zero-order chi connectivity index (χ0) is 23.2. The van der Waals surface area contributed by atoms with Crippen LogP contribution in [0.4, 0.5) is 9.18 Å². The standard InChI is InChI=1S/C22H32BrFN2O5/c1-14(15-6-9-26(10-7-15)21(28)31-22(2,3)4)25-8-11-30-19-17(23)12-16(13-18(19)24)20(27)29-5/h12-15,25H,6-11H2,1-5H3. The quantitative estimate of drug-likeness (QED) is 0.440. The number of amides is 1. The summed E-state index contributed by atoms with van der Waals surface area (Å²) in [5, 5.41) is 3.41. The zero-order valence-electron chi connectivity index (χ0n) is 18.8. The lowest BCUT2D eigenvalue weighted by molar-refractivity contribution is 0.0171. The van der Waals surface area contributed by atoms with Crippen molar-refractivity contribution in [1.29, 1.82) is 0 Å². The smallest absolute Gasteiger partial charge is 0.410 e. The molecule has 1 unspecified atom stereocenters. The van der Waals surface area contributed by atoms with Crippen LogP contribution in [0.2, 0.25) is 0 Å². The minimum atomic E-state index is -0.627. The van der Waals surface area contributed by atoms with E-state index in [9.17, 15) is 14.0 Å². The Morgan fingerprint density at radius 1 is 1.29 bits per heavy atom. The van der Waals surface area contributed by atoms with E-state index in [4.69, 9.17) is 9.47 Å². The van der Waals surface area contributed by atoms with Crippen molar-refractivity contribution >= 4 is 28.0 Å². The van der Waals surface area contributed by atoms with Crippen LogP contribution >= 0.6 is 15.9 Å². The molecule has 1 fully saturated rings. The van der Waals surface area contributed by atoms with Crippen LogP contribution in [0.3, 0.4) is 0 Å². The molecule has 1 aromatic rings. The van der Waals surface area contributed by atoms with E-state index >= 15 is 0 Å². The highest BCUT2D eigenvalue weighted by atomic mass is 79.9. The molecule has 174 valence electrons. The van der Waals surface area contributed by atoms with Gasteiger partial charge in [0.1, 0.15) is 12.2 Å². The third kappa shape index (κ3) is 7.64. The van der Waals surface area contributed by atoms with Crippen molar-refractivity contribution in [2.24, 2.45) is 5.92 Å². The zero-order valence-corrected chi connectivity index (χ0v) is 20.4. The second-order valence-electron chi connectivity index (χ2n) is 8.66. The number of halogens is 2. The number of likely N-dealkylation sites (tertiary alicyclic amines) is 1. The Morgan fingerprint density at radius 2 is 1.94 bits per heavy atom. The number of hydrogen-bond acceptors (Lipinski definition) is 6. The number of nitrogens with one attached hydrogen (secondary N) is 1. The van der Waals surface area contributed by atoms with Crippen LogP contribution < -0.4 is 10.1 Å². The van der Waals surface area contributed by atoms with Crippen LogP contribution in [0, 0.1) is 11.7 Å². The van der Waals surface area contributed by atoms with Crippen LogP contribution in [-0.4, -0.2) is 62.0 Å². The molecule has 1 aromatic carbocycles. The molecule has 1 aliphatic heterocycles. The van der Waals surface area contributed by atoms with E-state index in [0.717, 1.165) is 18.9 Å². The molecule has 0 aliphatic carbocycles. The van der Waals surface area contributed by atoms with E-state index < -0.39 is 17.4 Å². The Bertz CT molecular complexity index is 753. The highest BCUT2D eigenvalue weighted by Gasteiger charge is 2.29. The average Bonchev–Trinajstić information content (AvgIpc) is 2.70.